The number of anilines is 1. The number of aromatic nitrogens is 2. The van der Waals surface area contributed by atoms with Gasteiger partial charge in [-0.3, -0.25) is 0 Å². The summed E-state index contributed by atoms with van der Waals surface area (Å²) in [5.41, 5.74) is 5.75. The normalized spacial score (nSPS) is 11.2. The van der Waals surface area contributed by atoms with E-state index in [4.69, 9.17) is 4.74 Å². The van der Waals surface area contributed by atoms with Crippen molar-refractivity contribution in [2.24, 2.45) is 5.10 Å². The molecule has 0 aliphatic carbocycles. The van der Waals surface area contributed by atoms with Gasteiger partial charge in [-0.15, -0.1) is 0 Å². The van der Waals surface area contributed by atoms with Crippen LogP contribution in [0.15, 0.2) is 52.0 Å². The molecule has 6 heteroatoms. The summed E-state index contributed by atoms with van der Waals surface area (Å²) in [5, 5.41) is 4.21. The highest BCUT2D eigenvalue weighted by Crippen LogP contribution is 2.25. The minimum atomic E-state index is 0.615. The number of aromatic amines is 1. The van der Waals surface area contributed by atoms with Crippen molar-refractivity contribution in [2.75, 3.05) is 12.0 Å². The summed E-state index contributed by atoms with van der Waals surface area (Å²) in [7, 11) is 0. The van der Waals surface area contributed by atoms with Crippen LogP contribution in [-0.2, 0) is 0 Å². The van der Waals surface area contributed by atoms with Crippen LogP contribution in [0.1, 0.15) is 18.9 Å². The second-order valence-corrected chi connectivity index (χ2v) is 5.87. The van der Waals surface area contributed by atoms with Crippen molar-refractivity contribution in [2.45, 2.75) is 13.3 Å². The van der Waals surface area contributed by atoms with E-state index < -0.39 is 0 Å². The van der Waals surface area contributed by atoms with Gasteiger partial charge < -0.3 is 9.72 Å². The lowest BCUT2D eigenvalue weighted by molar-refractivity contribution is 0.315. The molecule has 1 aromatic heterocycles. The van der Waals surface area contributed by atoms with E-state index in [1.165, 1.54) is 0 Å². The van der Waals surface area contributed by atoms with Crippen molar-refractivity contribution in [3.8, 4) is 5.75 Å². The number of hydrogen-bond acceptors (Lipinski definition) is 4. The van der Waals surface area contributed by atoms with Crippen LogP contribution in [0.25, 0.3) is 11.0 Å². The fourth-order valence-corrected chi connectivity index (χ4v) is 2.61. The molecule has 2 aromatic carbocycles. The molecule has 0 radical (unpaired) electrons. The van der Waals surface area contributed by atoms with E-state index in [0.29, 0.717) is 12.6 Å². The summed E-state index contributed by atoms with van der Waals surface area (Å²) in [6, 6.07) is 13.7. The van der Waals surface area contributed by atoms with E-state index in [1.54, 1.807) is 6.21 Å². The maximum atomic E-state index is 5.63. The van der Waals surface area contributed by atoms with Gasteiger partial charge in [-0.05, 0) is 58.2 Å². The Labute approximate surface area is 142 Å². The molecule has 0 saturated heterocycles. The van der Waals surface area contributed by atoms with E-state index in [2.05, 4.69) is 43.3 Å². The number of halogens is 1. The third-order valence-corrected chi connectivity index (χ3v) is 3.81. The quantitative estimate of drug-likeness (QED) is 0.492. The van der Waals surface area contributed by atoms with Gasteiger partial charge in [0.1, 0.15) is 5.75 Å². The number of nitrogens with zero attached hydrogens (tertiary/aromatic N) is 2. The average molecular weight is 373 g/mol. The number of hydrazone groups is 1. The number of fused-ring (bicyclic) bond motifs is 1. The van der Waals surface area contributed by atoms with Gasteiger partial charge in [-0.25, -0.2) is 10.4 Å². The van der Waals surface area contributed by atoms with Crippen molar-refractivity contribution in [3.05, 3.63) is 52.5 Å². The number of para-hydroxylation sites is 2. The fourth-order valence-electron chi connectivity index (χ4n) is 2.10. The lowest BCUT2D eigenvalue weighted by Crippen LogP contribution is -1.96. The maximum Gasteiger partial charge on any atom is 0.222 e. The van der Waals surface area contributed by atoms with E-state index >= 15 is 0 Å². The molecule has 2 N–H and O–H groups in total. The molecule has 0 saturated carbocycles. The standard InChI is InChI=1S/C17H17BrN4O/c1-2-9-23-16-8-7-12(10-13(16)18)11-19-22-17-20-14-5-3-4-6-15(14)21-17/h3-8,10-11H,2,9H2,1H3,(H2,20,21,22)/b19-11-. The number of benzene rings is 2. The van der Waals surface area contributed by atoms with Crippen molar-refractivity contribution in [3.63, 3.8) is 0 Å². The van der Waals surface area contributed by atoms with Crippen molar-refractivity contribution < 1.29 is 4.74 Å². The third kappa shape index (κ3) is 3.90. The Kier molecular flexibility index (Phi) is 4.92. The molecular weight excluding hydrogens is 356 g/mol. The van der Waals surface area contributed by atoms with Gasteiger partial charge in [0.15, 0.2) is 0 Å². The first kappa shape index (κ1) is 15.6. The minimum absolute atomic E-state index is 0.615. The molecule has 0 spiro atoms. The molecule has 3 aromatic rings. The lowest BCUT2D eigenvalue weighted by Gasteiger charge is -2.07. The molecule has 5 nitrogen and oxygen atoms in total. The third-order valence-electron chi connectivity index (χ3n) is 3.19. The molecule has 1 heterocycles. The second-order valence-electron chi connectivity index (χ2n) is 5.01. The van der Waals surface area contributed by atoms with Crippen LogP contribution in [0.5, 0.6) is 5.75 Å². The Balaban J connectivity index is 1.66. The van der Waals surface area contributed by atoms with Crippen LogP contribution in [0, 0.1) is 0 Å². The first-order valence-electron chi connectivity index (χ1n) is 7.42. The zero-order chi connectivity index (χ0) is 16.1. The number of H-pyrrole nitrogens is 1. The van der Waals surface area contributed by atoms with Crippen LogP contribution < -0.4 is 10.2 Å². The van der Waals surface area contributed by atoms with Crippen molar-refractivity contribution in [1.82, 2.24) is 9.97 Å². The first-order valence-corrected chi connectivity index (χ1v) is 8.21. The first-order chi connectivity index (χ1) is 11.3. The van der Waals surface area contributed by atoms with Crippen LogP contribution in [0.3, 0.4) is 0 Å². The highest BCUT2D eigenvalue weighted by atomic mass is 79.9. The summed E-state index contributed by atoms with van der Waals surface area (Å²) >= 11 is 3.51. The summed E-state index contributed by atoms with van der Waals surface area (Å²) in [6.45, 7) is 2.79. The van der Waals surface area contributed by atoms with E-state index in [9.17, 15) is 0 Å². The van der Waals surface area contributed by atoms with Gasteiger partial charge in [0.2, 0.25) is 5.95 Å². The Morgan fingerprint density at radius 2 is 2.17 bits per heavy atom. The van der Waals surface area contributed by atoms with E-state index in [1.807, 2.05) is 42.5 Å². The van der Waals surface area contributed by atoms with Gasteiger partial charge in [0.25, 0.3) is 0 Å². The summed E-state index contributed by atoms with van der Waals surface area (Å²) < 4.78 is 6.54. The smallest absolute Gasteiger partial charge is 0.222 e. The van der Waals surface area contributed by atoms with Crippen LogP contribution in [0.2, 0.25) is 0 Å². The molecule has 0 bridgehead atoms. The van der Waals surface area contributed by atoms with Gasteiger partial charge >= 0.3 is 0 Å². The van der Waals surface area contributed by atoms with Crippen LogP contribution in [-0.4, -0.2) is 22.8 Å². The predicted molar refractivity (Wildman–Crippen MR) is 97.2 cm³/mol. The minimum Gasteiger partial charge on any atom is -0.492 e. The molecule has 23 heavy (non-hydrogen) atoms. The van der Waals surface area contributed by atoms with Crippen LogP contribution in [0.4, 0.5) is 5.95 Å². The Bertz CT molecular complexity index is 795. The van der Waals surface area contributed by atoms with Gasteiger partial charge in [-0.1, -0.05) is 19.1 Å². The van der Waals surface area contributed by atoms with Crippen molar-refractivity contribution in [1.29, 1.82) is 0 Å². The molecule has 0 amide bonds. The highest BCUT2D eigenvalue weighted by Gasteiger charge is 2.02. The zero-order valence-electron chi connectivity index (χ0n) is 12.7. The number of hydrogen-bond donors (Lipinski definition) is 2. The summed E-state index contributed by atoms with van der Waals surface area (Å²) in [5.74, 6) is 1.46. The second kappa shape index (κ2) is 7.28. The van der Waals surface area contributed by atoms with Gasteiger partial charge in [0, 0.05) is 0 Å². The maximum absolute atomic E-state index is 5.63. The monoisotopic (exact) mass is 372 g/mol. The fraction of sp³-hybridized carbons (Fsp3) is 0.176. The zero-order valence-corrected chi connectivity index (χ0v) is 14.3. The summed E-state index contributed by atoms with van der Waals surface area (Å²) in [6.07, 6.45) is 2.72. The number of imidazole rings is 1. The molecule has 0 aliphatic heterocycles. The Hall–Kier alpha value is -2.34. The average Bonchev–Trinajstić information content (AvgIpc) is 2.97. The SMILES string of the molecule is CCCOc1ccc(/C=N\Nc2nc3ccccc3[nH]2)cc1Br. The molecule has 0 aliphatic rings. The van der Waals surface area contributed by atoms with Gasteiger partial charge in [0.05, 0.1) is 28.3 Å². The number of nitrogens with one attached hydrogen (secondary N) is 2. The number of rotatable bonds is 6. The number of ether oxygens (including phenoxy) is 1. The molecule has 0 fully saturated rings. The molecule has 0 unspecified atom stereocenters. The van der Waals surface area contributed by atoms with E-state index in [0.717, 1.165) is 33.2 Å². The Morgan fingerprint density at radius 3 is 2.96 bits per heavy atom. The Morgan fingerprint density at radius 1 is 1.30 bits per heavy atom. The topological polar surface area (TPSA) is 62.3 Å². The van der Waals surface area contributed by atoms with Gasteiger partial charge in [-0.2, -0.15) is 5.10 Å². The van der Waals surface area contributed by atoms with Crippen LogP contribution >= 0.6 is 15.9 Å². The summed E-state index contributed by atoms with van der Waals surface area (Å²) in [4.78, 5) is 7.56. The van der Waals surface area contributed by atoms with Crippen molar-refractivity contribution >= 4 is 39.1 Å². The highest BCUT2D eigenvalue weighted by molar-refractivity contribution is 9.10. The predicted octanol–water partition coefficient (Wildman–Crippen LogP) is 4.56. The molecular formula is C17H17BrN4O. The molecule has 0 atom stereocenters. The molecule has 3 rings (SSSR count). The molecule has 118 valence electrons. The van der Waals surface area contributed by atoms with E-state index in [-0.39, 0.29) is 0 Å². The largest absolute Gasteiger partial charge is 0.492 e. The lowest BCUT2D eigenvalue weighted by atomic mass is 10.2.